The minimum atomic E-state index is -2.93. The van der Waals surface area contributed by atoms with Crippen LogP contribution in [0.2, 0.25) is 0 Å². The second kappa shape index (κ2) is 12.5. The summed E-state index contributed by atoms with van der Waals surface area (Å²) in [5.41, 5.74) is 2.62. The molecule has 0 bridgehead atoms. The lowest BCUT2D eigenvalue weighted by Gasteiger charge is -2.34. The zero-order chi connectivity index (χ0) is 37.7. The molecule has 0 unspecified atom stereocenters. The molecule has 0 aliphatic rings. The highest BCUT2D eigenvalue weighted by Gasteiger charge is 2.41. The molecule has 0 atom stereocenters. The van der Waals surface area contributed by atoms with Crippen LogP contribution in [0.15, 0.2) is 192 Å². The molecule has 9 rings (SSSR count). The highest BCUT2D eigenvalue weighted by Crippen LogP contribution is 2.36. The smallest absolute Gasteiger partial charge is 0.179 e. The van der Waals surface area contributed by atoms with Gasteiger partial charge >= 0.3 is 0 Å². The zero-order valence-corrected chi connectivity index (χ0v) is 27.8. The standard InChI is InChI=1S/C45H31N3OSi/c1-5-17-32(18-6-1)43-46-44(48-45(47-43)39-28-16-30-41-42(39)38-27-13-14-29-40(38)49-41)33-19-15-26-37(31-33)50(34-20-7-2-8-21-34,35-22-9-3-10-23-35)36-24-11-4-12-25-36/h1-31H/i1D,5D,6D,17D,18D. The number of hydrogen-bond donors (Lipinski definition) is 0. The summed E-state index contributed by atoms with van der Waals surface area (Å²) in [6, 6.07) is 51.3. The first-order valence-corrected chi connectivity index (χ1v) is 18.4. The molecule has 2 aromatic heterocycles. The topological polar surface area (TPSA) is 51.8 Å². The van der Waals surface area contributed by atoms with Gasteiger partial charge < -0.3 is 4.42 Å². The van der Waals surface area contributed by atoms with Crippen LogP contribution >= 0.6 is 0 Å². The first-order chi connectivity index (χ1) is 26.9. The third kappa shape index (κ3) is 5.03. The molecule has 0 saturated heterocycles. The number of hydrogen-bond acceptors (Lipinski definition) is 4. The second-order valence-electron chi connectivity index (χ2n) is 12.0. The van der Waals surface area contributed by atoms with Crippen molar-refractivity contribution in [2.75, 3.05) is 0 Å². The van der Waals surface area contributed by atoms with Crippen LogP contribution in [0.4, 0.5) is 0 Å². The number of fused-ring (bicyclic) bond motifs is 3. The third-order valence-corrected chi connectivity index (χ3v) is 14.0. The molecule has 5 heteroatoms. The predicted octanol–water partition coefficient (Wildman–Crippen LogP) is 8.15. The molecule has 0 aliphatic carbocycles. The largest absolute Gasteiger partial charge is 0.456 e. The van der Waals surface area contributed by atoms with E-state index in [4.69, 9.17) is 26.2 Å². The van der Waals surface area contributed by atoms with E-state index in [9.17, 15) is 0 Å². The van der Waals surface area contributed by atoms with Gasteiger partial charge in [-0.15, -0.1) is 0 Å². The molecule has 0 fully saturated rings. The van der Waals surface area contributed by atoms with Gasteiger partial charge in [0.05, 0.1) is 6.85 Å². The van der Waals surface area contributed by atoms with Crippen molar-refractivity contribution in [3.05, 3.63) is 188 Å². The van der Waals surface area contributed by atoms with E-state index in [2.05, 4.69) is 84.9 Å². The van der Waals surface area contributed by atoms with Gasteiger partial charge in [-0.3, -0.25) is 0 Å². The summed E-state index contributed by atoms with van der Waals surface area (Å²) in [5.74, 6) is 0.562. The Morgan fingerprint density at radius 3 is 1.62 bits per heavy atom. The van der Waals surface area contributed by atoms with Crippen molar-refractivity contribution in [1.29, 1.82) is 0 Å². The van der Waals surface area contributed by atoms with Crippen LogP contribution in [0, 0.1) is 0 Å². The summed E-state index contributed by atoms with van der Waals surface area (Å²) in [6.07, 6.45) is 0. The normalized spacial score (nSPS) is 13.0. The number of para-hydroxylation sites is 1. The van der Waals surface area contributed by atoms with Gasteiger partial charge in [0, 0.05) is 27.5 Å². The minimum Gasteiger partial charge on any atom is -0.456 e. The van der Waals surface area contributed by atoms with Crippen molar-refractivity contribution in [1.82, 2.24) is 15.0 Å². The van der Waals surface area contributed by atoms with Crippen molar-refractivity contribution >= 4 is 50.8 Å². The zero-order valence-electron chi connectivity index (χ0n) is 31.8. The van der Waals surface area contributed by atoms with Crippen molar-refractivity contribution < 1.29 is 11.3 Å². The van der Waals surface area contributed by atoms with Gasteiger partial charge in [0.2, 0.25) is 0 Å². The molecule has 236 valence electrons. The van der Waals surface area contributed by atoms with E-state index in [1.165, 1.54) is 15.6 Å². The quantitative estimate of drug-likeness (QED) is 0.128. The molecule has 0 N–H and O–H groups in total. The molecule has 0 amide bonds. The van der Waals surface area contributed by atoms with Crippen molar-refractivity contribution in [2.45, 2.75) is 0 Å². The summed E-state index contributed by atoms with van der Waals surface area (Å²) in [5, 5.41) is 6.41. The van der Waals surface area contributed by atoms with Crippen LogP contribution in [0.1, 0.15) is 6.85 Å². The molecule has 7 aromatic carbocycles. The Hall–Kier alpha value is -6.43. The Bertz CT molecular complexity index is 2760. The summed E-state index contributed by atoms with van der Waals surface area (Å²) < 4.78 is 49.1. The lowest BCUT2D eigenvalue weighted by molar-refractivity contribution is 0.669. The van der Waals surface area contributed by atoms with Gasteiger partial charge in [0.25, 0.3) is 0 Å². The molecule has 0 spiro atoms. The number of furan rings is 1. The Morgan fingerprint density at radius 2 is 0.960 bits per heavy atom. The summed E-state index contributed by atoms with van der Waals surface area (Å²) in [6.45, 7) is 0. The number of aromatic nitrogens is 3. The lowest BCUT2D eigenvalue weighted by Crippen LogP contribution is -2.74. The van der Waals surface area contributed by atoms with E-state index in [-0.39, 0.29) is 17.2 Å². The molecule has 4 nitrogen and oxygen atoms in total. The average Bonchev–Trinajstić information content (AvgIpc) is 3.63. The number of rotatable bonds is 7. The van der Waals surface area contributed by atoms with Gasteiger partial charge in [-0.1, -0.05) is 176 Å². The number of nitrogens with zero attached hydrogens (tertiary/aromatic N) is 3. The Morgan fingerprint density at radius 1 is 0.440 bits per heavy atom. The molecule has 2 heterocycles. The Kier molecular flexibility index (Phi) is 6.19. The molecule has 0 radical (unpaired) electrons. The van der Waals surface area contributed by atoms with E-state index in [0.717, 1.165) is 16.0 Å². The maximum Gasteiger partial charge on any atom is 0.179 e. The van der Waals surface area contributed by atoms with E-state index in [1.807, 2.05) is 72.8 Å². The summed E-state index contributed by atoms with van der Waals surface area (Å²) in [4.78, 5) is 14.9. The molecule has 9 aromatic rings. The van der Waals surface area contributed by atoms with Gasteiger partial charge in [0.1, 0.15) is 11.2 Å². The van der Waals surface area contributed by atoms with Crippen molar-refractivity contribution in [3.8, 4) is 34.2 Å². The van der Waals surface area contributed by atoms with Crippen LogP contribution in [0.25, 0.3) is 56.1 Å². The maximum atomic E-state index is 8.86. The van der Waals surface area contributed by atoms with E-state index < -0.39 is 38.3 Å². The molecular formula is C45H31N3OSi. The first-order valence-electron chi connectivity index (χ1n) is 18.9. The van der Waals surface area contributed by atoms with Crippen molar-refractivity contribution in [2.24, 2.45) is 0 Å². The van der Waals surface area contributed by atoms with E-state index in [1.54, 1.807) is 0 Å². The van der Waals surface area contributed by atoms with Crippen molar-refractivity contribution in [3.63, 3.8) is 0 Å². The van der Waals surface area contributed by atoms with Gasteiger partial charge in [-0.05, 0) is 32.9 Å². The summed E-state index contributed by atoms with van der Waals surface area (Å²) in [7, 11) is -2.93. The van der Waals surface area contributed by atoms with Gasteiger partial charge in [-0.25, -0.2) is 15.0 Å². The number of benzene rings is 7. The molecule has 50 heavy (non-hydrogen) atoms. The Labute approximate surface area is 298 Å². The fraction of sp³-hybridized carbons (Fsp3) is 0. The lowest BCUT2D eigenvalue weighted by atomic mass is 10.1. The Balaban J connectivity index is 1.34. The van der Waals surface area contributed by atoms with Crippen LogP contribution in [-0.4, -0.2) is 23.0 Å². The highest BCUT2D eigenvalue weighted by molar-refractivity contribution is 7.19. The summed E-state index contributed by atoms with van der Waals surface area (Å²) >= 11 is 0. The minimum absolute atomic E-state index is 0.0232. The van der Waals surface area contributed by atoms with Crippen LogP contribution in [0.5, 0.6) is 0 Å². The van der Waals surface area contributed by atoms with Crippen LogP contribution in [-0.2, 0) is 0 Å². The highest BCUT2D eigenvalue weighted by atomic mass is 28.3. The fourth-order valence-corrected chi connectivity index (χ4v) is 11.8. The third-order valence-electron chi connectivity index (χ3n) is 9.18. The molecule has 0 saturated carbocycles. The second-order valence-corrected chi connectivity index (χ2v) is 15.8. The molecular weight excluding hydrogens is 627 g/mol. The monoisotopic (exact) mass is 662 g/mol. The van der Waals surface area contributed by atoms with Crippen LogP contribution < -0.4 is 20.7 Å². The fourth-order valence-electron chi connectivity index (χ4n) is 7.02. The molecule has 0 aliphatic heterocycles. The predicted molar refractivity (Wildman–Crippen MR) is 207 cm³/mol. The van der Waals surface area contributed by atoms with E-state index >= 15 is 0 Å². The SMILES string of the molecule is [2H]c1c([2H])c([2H])c(-c2nc(-c3cccc([Si](c4ccccc4)(c4ccccc4)c4ccccc4)c3)nc(-c3cccc4oc5ccccc5c34)n2)c([2H])c1[2H]. The average molecular weight is 663 g/mol. The maximum absolute atomic E-state index is 8.86. The van der Waals surface area contributed by atoms with Crippen LogP contribution in [0.3, 0.4) is 0 Å². The first kappa shape index (κ1) is 24.7. The van der Waals surface area contributed by atoms with Gasteiger partial charge in [-0.2, -0.15) is 0 Å². The van der Waals surface area contributed by atoms with Gasteiger partial charge in [0.15, 0.2) is 25.5 Å². The van der Waals surface area contributed by atoms with E-state index in [0.29, 0.717) is 28.1 Å².